The molecule has 202 valence electrons. The average molecular weight is 539 g/mol. The third kappa shape index (κ3) is 7.93. The van der Waals surface area contributed by atoms with Gasteiger partial charge in [0.15, 0.2) is 0 Å². The molecule has 0 radical (unpaired) electrons. The fourth-order valence-electron chi connectivity index (χ4n) is 6.29. The molecular weight excluding hydrogens is 497 g/mol. The van der Waals surface area contributed by atoms with E-state index in [1.807, 2.05) is 0 Å². The standard InChI is InChI=1S/C39H42Si/c1-5-17-34(18-6-1)23-14-30-40(31-15-24-35-19-7-2-8-20-35,32-16-25-36-21-9-3-10-22-36)39-29-13-28-38(33-39)37-26-11-4-12-27-37/h1-13,17-22,26-29,33H,14-16,23-25,30-32H2. The van der Waals surface area contributed by atoms with E-state index in [0.29, 0.717) is 0 Å². The average Bonchev–Trinajstić information content (AvgIpc) is 3.03. The monoisotopic (exact) mass is 538 g/mol. The number of aryl methyl sites for hydroxylation is 3. The summed E-state index contributed by atoms with van der Waals surface area (Å²) >= 11 is 0. The molecule has 0 fully saturated rings. The summed E-state index contributed by atoms with van der Waals surface area (Å²) in [5.74, 6) is 0. The van der Waals surface area contributed by atoms with Crippen molar-refractivity contribution in [2.75, 3.05) is 0 Å². The number of benzene rings is 5. The number of hydrogen-bond donors (Lipinski definition) is 0. The number of rotatable bonds is 14. The van der Waals surface area contributed by atoms with E-state index in [2.05, 4.69) is 146 Å². The van der Waals surface area contributed by atoms with Gasteiger partial charge in [-0.2, -0.15) is 0 Å². The Kier molecular flexibility index (Phi) is 10.2. The first kappa shape index (κ1) is 27.9. The molecule has 0 N–H and O–H groups in total. The molecule has 0 amide bonds. The number of hydrogen-bond acceptors (Lipinski definition) is 0. The van der Waals surface area contributed by atoms with Gasteiger partial charge in [0.05, 0.1) is 8.07 Å². The van der Waals surface area contributed by atoms with Crippen molar-refractivity contribution in [1.82, 2.24) is 0 Å². The van der Waals surface area contributed by atoms with Crippen LogP contribution in [-0.2, 0) is 19.3 Å². The van der Waals surface area contributed by atoms with Gasteiger partial charge in [-0.05, 0) is 47.1 Å². The second-order valence-corrected chi connectivity index (χ2v) is 15.9. The van der Waals surface area contributed by atoms with Crippen molar-refractivity contribution in [2.24, 2.45) is 0 Å². The Balaban J connectivity index is 1.43. The molecule has 0 saturated heterocycles. The molecule has 0 spiro atoms. The van der Waals surface area contributed by atoms with Crippen molar-refractivity contribution in [2.45, 2.75) is 56.7 Å². The van der Waals surface area contributed by atoms with Crippen LogP contribution in [0.4, 0.5) is 0 Å². The predicted octanol–water partition coefficient (Wildman–Crippen LogP) is 9.91. The van der Waals surface area contributed by atoms with E-state index in [1.54, 1.807) is 5.19 Å². The molecule has 5 aromatic carbocycles. The Morgan fingerprint density at radius 2 is 0.725 bits per heavy atom. The van der Waals surface area contributed by atoms with Gasteiger partial charge in [-0.3, -0.25) is 0 Å². The van der Waals surface area contributed by atoms with Gasteiger partial charge in [0.2, 0.25) is 0 Å². The van der Waals surface area contributed by atoms with E-state index in [4.69, 9.17) is 0 Å². The Morgan fingerprint density at radius 1 is 0.350 bits per heavy atom. The van der Waals surface area contributed by atoms with Crippen molar-refractivity contribution in [3.8, 4) is 11.1 Å². The predicted molar refractivity (Wildman–Crippen MR) is 176 cm³/mol. The molecule has 40 heavy (non-hydrogen) atoms. The van der Waals surface area contributed by atoms with E-state index < -0.39 is 8.07 Å². The van der Waals surface area contributed by atoms with Gasteiger partial charge in [0.25, 0.3) is 0 Å². The minimum atomic E-state index is -1.80. The lowest BCUT2D eigenvalue weighted by atomic mass is 10.1. The lowest BCUT2D eigenvalue weighted by molar-refractivity contribution is 0.827. The molecule has 0 aliphatic rings. The van der Waals surface area contributed by atoms with Crippen molar-refractivity contribution in [3.63, 3.8) is 0 Å². The van der Waals surface area contributed by atoms with Crippen LogP contribution in [0.25, 0.3) is 11.1 Å². The van der Waals surface area contributed by atoms with Crippen LogP contribution in [0.1, 0.15) is 36.0 Å². The van der Waals surface area contributed by atoms with Crippen LogP contribution in [0.3, 0.4) is 0 Å². The fourth-order valence-corrected chi connectivity index (χ4v) is 11.4. The van der Waals surface area contributed by atoms with Gasteiger partial charge in [0.1, 0.15) is 0 Å². The quantitative estimate of drug-likeness (QED) is 0.123. The highest BCUT2D eigenvalue weighted by Crippen LogP contribution is 2.31. The van der Waals surface area contributed by atoms with Crippen LogP contribution in [0.2, 0.25) is 18.1 Å². The summed E-state index contributed by atoms with van der Waals surface area (Å²) in [6.45, 7) is 0. The van der Waals surface area contributed by atoms with Gasteiger partial charge < -0.3 is 0 Å². The second kappa shape index (κ2) is 14.6. The van der Waals surface area contributed by atoms with Crippen LogP contribution in [0, 0.1) is 0 Å². The first-order chi connectivity index (χ1) is 19.8. The maximum Gasteiger partial charge on any atom is 0.0867 e. The van der Waals surface area contributed by atoms with Crippen molar-refractivity contribution >= 4 is 13.3 Å². The summed E-state index contributed by atoms with van der Waals surface area (Å²) in [7, 11) is -1.80. The van der Waals surface area contributed by atoms with Crippen LogP contribution < -0.4 is 5.19 Å². The smallest absolute Gasteiger partial charge is 0.0629 e. The molecule has 5 aromatic rings. The molecule has 1 heteroatoms. The Bertz CT molecular complexity index is 1280. The highest BCUT2D eigenvalue weighted by Gasteiger charge is 2.34. The summed E-state index contributed by atoms with van der Waals surface area (Å²) in [5.41, 5.74) is 7.10. The summed E-state index contributed by atoms with van der Waals surface area (Å²) in [6, 6.07) is 57.9. The van der Waals surface area contributed by atoms with Crippen molar-refractivity contribution in [1.29, 1.82) is 0 Å². The molecule has 5 rings (SSSR count). The van der Waals surface area contributed by atoms with Crippen LogP contribution in [0.5, 0.6) is 0 Å². The van der Waals surface area contributed by atoms with Crippen LogP contribution >= 0.6 is 0 Å². The van der Waals surface area contributed by atoms with Gasteiger partial charge in [-0.15, -0.1) is 0 Å². The minimum absolute atomic E-state index is 1.17. The van der Waals surface area contributed by atoms with E-state index in [0.717, 1.165) is 0 Å². The maximum atomic E-state index is 2.56. The molecule has 0 aliphatic carbocycles. The topological polar surface area (TPSA) is 0 Å². The molecule has 0 saturated carbocycles. The zero-order valence-corrected chi connectivity index (χ0v) is 24.7. The molecule has 0 nitrogen and oxygen atoms in total. The van der Waals surface area contributed by atoms with Crippen LogP contribution in [0.15, 0.2) is 146 Å². The van der Waals surface area contributed by atoms with E-state index in [9.17, 15) is 0 Å². The fraction of sp³-hybridized carbons (Fsp3) is 0.231. The third-order valence-corrected chi connectivity index (χ3v) is 13.9. The van der Waals surface area contributed by atoms with Crippen molar-refractivity contribution in [3.05, 3.63) is 162 Å². The molecule has 0 heterocycles. The molecule has 0 bridgehead atoms. The van der Waals surface area contributed by atoms with E-state index in [1.165, 1.54) is 84.5 Å². The van der Waals surface area contributed by atoms with Crippen LogP contribution in [-0.4, -0.2) is 8.07 Å². The molecule has 0 aromatic heterocycles. The zero-order chi connectivity index (χ0) is 27.3. The van der Waals surface area contributed by atoms with E-state index in [-0.39, 0.29) is 0 Å². The third-order valence-electron chi connectivity index (χ3n) is 8.47. The van der Waals surface area contributed by atoms with Crippen molar-refractivity contribution < 1.29 is 0 Å². The maximum absolute atomic E-state index is 2.56. The first-order valence-corrected chi connectivity index (χ1v) is 17.7. The Morgan fingerprint density at radius 3 is 1.15 bits per heavy atom. The second-order valence-electron chi connectivity index (χ2n) is 11.2. The highest BCUT2D eigenvalue weighted by atomic mass is 28.3. The molecule has 0 aliphatic heterocycles. The lowest BCUT2D eigenvalue weighted by Gasteiger charge is -2.34. The van der Waals surface area contributed by atoms with Gasteiger partial charge in [0, 0.05) is 0 Å². The Hall–Kier alpha value is -3.68. The SMILES string of the molecule is c1ccc(CCC[Si](CCCc2ccccc2)(CCCc2ccccc2)c2cccc(-c3ccccc3)c2)cc1. The summed E-state index contributed by atoms with van der Waals surface area (Å²) < 4.78 is 0. The molecule has 0 atom stereocenters. The molecular formula is C39H42Si. The highest BCUT2D eigenvalue weighted by molar-refractivity contribution is 6.92. The van der Waals surface area contributed by atoms with Gasteiger partial charge in [-0.1, -0.05) is 188 Å². The van der Waals surface area contributed by atoms with Gasteiger partial charge in [-0.25, -0.2) is 0 Å². The minimum Gasteiger partial charge on any atom is -0.0629 e. The van der Waals surface area contributed by atoms with Gasteiger partial charge >= 0.3 is 0 Å². The van der Waals surface area contributed by atoms with E-state index >= 15 is 0 Å². The first-order valence-electron chi connectivity index (χ1n) is 15.1. The largest absolute Gasteiger partial charge is 0.0867 e. The lowest BCUT2D eigenvalue weighted by Crippen LogP contribution is -2.47. The summed E-state index contributed by atoms with van der Waals surface area (Å²) in [6.07, 6.45) is 7.31. The normalized spacial score (nSPS) is 11.4. The molecule has 0 unspecified atom stereocenters. The summed E-state index contributed by atoms with van der Waals surface area (Å²) in [4.78, 5) is 0. The Labute approximate surface area is 242 Å². The zero-order valence-electron chi connectivity index (χ0n) is 23.7. The summed E-state index contributed by atoms with van der Waals surface area (Å²) in [5, 5.41) is 1.66.